The summed E-state index contributed by atoms with van der Waals surface area (Å²) in [6, 6.07) is 14.3. The van der Waals surface area contributed by atoms with E-state index in [1.807, 2.05) is 35.0 Å². The number of nitrogens with zero attached hydrogens (tertiary/aromatic N) is 3. The maximum absolute atomic E-state index is 12.1. The first-order chi connectivity index (χ1) is 13.5. The minimum Gasteiger partial charge on any atom is -0.320 e. The first-order valence-corrected chi connectivity index (χ1v) is 8.89. The number of benzene rings is 2. The summed E-state index contributed by atoms with van der Waals surface area (Å²) in [6.45, 7) is 0.508. The lowest BCUT2D eigenvalue weighted by Gasteiger charge is -2.10. The van der Waals surface area contributed by atoms with Crippen molar-refractivity contribution in [3.63, 3.8) is 0 Å². The average molecular weight is 418 g/mol. The molecule has 144 valence electrons. The summed E-state index contributed by atoms with van der Waals surface area (Å²) in [5.74, 6) is 9.86. The van der Waals surface area contributed by atoms with E-state index in [0.29, 0.717) is 22.2 Å². The van der Waals surface area contributed by atoms with Gasteiger partial charge in [0.15, 0.2) is 0 Å². The molecular weight excluding hydrogens is 401 g/mol. The van der Waals surface area contributed by atoms with Crippen molar-refractivity contribution < 1.29 is 4.79 Å². The highest BCUT2D eigenvalue weighted by Crippen LogP contribution is 2.27. The van der Waals surface area contributed by atoms with Gasteiger partial charge in [0.05, 0.1) is 12.2 Å². The van der Waals surface area contributed by atoms with Gasteiger partial charge in [-0.05, 0) is 42.0 Å². The number of carbonyl (C=O) groups excluding carboxylic acids is 1. The Balaban J connectivity index is 1.77. The predicted molar refractivity (Wildman–Crippen MR) is 110 cm³/mol. The van der Waals surface area contributed by atoms with Crippen LogP contribution in [0.25, 0.3) is 11.3 Å². The van der Waals surface area contributed by atoms with Crippen LogP contribution in [0.5, 0.6) is 0 Å². The molecule has 1 amide bonds. The van der Waals surface area contributed by atoms with Gasteiger partial charge >= 0.3 is 0 Å². The molecule has 1 aromatic heterocycles. The second kappa shape index (κ2) is 8.75. The van der Waals surface area contributed by atoms with Gasteiger partial charge in [-0.1, -0.05) is 35.3 Å². The van der Waals surface area contributed by atoms with Crippen molar-refractivity contribution in [2.45, 2.75) is 6.54 Å². The van der Waals surface area contributed by atoms with Crippen molar-refractivity contribution in [1.29, 1.82) is 0 Å². The van der Waals surface area contributed by atoms with E-state index in [1.54, 1.807) is 24.4 Å². The number of carbonyl (C=O) groups is 1. The topological polar surface area (TPSA) is 123 Å². The zero-order valence-electron chi connectivity index (χ0n) is 14.6. The molecule has 0 fully saturated rings. The van der Waals surface area contributed by atoms with Crippen molar-refractivity contribution in [3.8, 4) is 11.3 Å². The summed E-state index contributed by atoms with van der Waals surface area (Å²) in [7, 11) is 0. The van der Waals surface area contributed by atoms with E-state index in [9.17, 15) is 4.79 Å². The van der Waals surface area contributed by atoms with Gasteiger partial charge < -0.3 is 5.84 Å². The SMILES string of the molecule is N/N=C(\NN)NC(=O)c1ccc(Cn2nccc2-c2cc(Cl)cc(Cl)c2)cc1. The number of nitrogens with one attached hydrogen (secondary N) is 2. The molecule has 0 bridgehead atoms. The highest BCUT2D eigenvalue weighted by molar-refractivity contribution is 6.35. The molecule has 10 heteroatoms. The van der Waals surface area contributed by atoms with Gasteiger partial charge in [0.2, 0.25) is 5.96 Å². The Kier molecular flexibility index (Phi) is 6.15. The molecule has 0 aliphatic rings. The van der Waals surface area contributed by atoms with Crippen LogP contribution in [0.1, 0.15) is 15.9 Å². The summed E-state index contributed by atoms with van der Waals surface area (Å²) in [5.41, 5.74) is 5.32. The van der Waals surface area contributed by atoms with E-state index in [-0.39, 0.29) is 11.9 Å². The molecule has 0 saturated carbocycles. The smallest absolute Gasteiger partial charge is 0.258 e. The number of guanidine groups is 1. The molecule has 3 rings (SSSR count). The Morgan fingerprint density at radius 1 is 1.11 bits per heavy atom. The monoisotopic (exact) mass is 417 g/mol. The Morgan fingerprint density at radius 2 is 1.79 bits per heavy atom. The third-order valence-electron chi connectivity index (χ3n) is 3.92. The summed E-state index contributed by atoms with van der Waals surface area (Å²) in [6.07, 6.45) is 1.71. The van der Waals surface area contributed by atoms with Crippen LogP contribution >= 0.6 is 23.2 Å². The van der Waals surface area contributed by atoms with E-state index >= 15 is 0 Å². The van der Waals surface area contributed by atoms with Gasteiger partial charge in [-0.15, -0.1) is 5.10 Å². The van der Waals surface area contributed by atoms with E-state index in [0.717, 1.165) is 16.8 Å². The number of hydrogen-bond donors (Lipinski definition) is 4. The lowest BCUT2D eigenvalue weighted by molar-refractivity contribution is 0.0975. The lowest BCUT2D eigenvalue weighted by atomic mass is 10.1. The fourth-order valence-electron chi connectivity index (χ4n) is 2.63. The molecule has 0 aliphatic heterocycles. The Hall–Kier alpha value is -3.07. The second-order valence-corrected chi connectivity index (χ2v) is 6.68. The van der Waals surface area contributed by atoms with Crippen LogP contribution in [0.3, 0.4) is 0 Å². The molecule has 6 N–H and O–H groups in total. The summed E-state index contributed by atoms with van der Waals surface area (Å²) in [4.78, 5) is 12.1. The summed E-state index contributed by atoms with van der Waals surface area (Å²) >= 11 is 12.2. The van der Waals surface area contributed by atoms with Gasteiger partial charge in [-0.25, -0.2) is 5.84 Å². The van der Waals surface area contributed by atoms with Gasteiger partial charge in [0.1, 0.15) is 0 Å². The van der Waals surface area contributed by atoms with Crippen molar-refractivity contribution in [1.82, 2.24) is 20.5 Å². The maximum Gasteiger partial charge on any atom is 0.258 e. The average Bonchev–Trinajstić information content (AvgIpc) is 3.14. The number of hydrazine groups is 1. The predicted octanol–water partition coefficient (Wildman–Crippen LogP) is 2.33. The second-order valence-electron chi connectivity index (χ2n) is 5.81. The van der Waals surface area contributed by atoms with E-state index < -0.39 is 0 Å². The zero-order chi connectivity index (χ0) is 20.1. The first-order valence-electron chi connectivity index (χ1n) is 8.13. The largest absolute Gasteiger partial charge is 0.320 e. The Morgan fingerprint density at radius 3 is 2.39 bits per heavy atom. The number of hydrogen-bond acceptors (Lipinski definition) is 5. The number of aromatic nitrogens is 2. The molecule has 28 heavy (non-hydrogen) atoms. The van der Waals surface area contributed by atoms with Crippen molar-refractivity contribution >= 4 is 35.1 Å². The quantitative estimate of drug-likeness (QED) is 0.224. The summed E-state index contributed by atoms with van der Waals surface area (Å²) < 4.78 is 1.83. The molecule has 0 unspecified atom stereocenters. The molecule has 1 heterocycles. The van der Waals surface area contributed by atoms with Crippen LogP contribution < -0.4 is 22.4 Å². The van der Waals surface area contributed by atoms with Crippen LogP contribution in [-0.4, -0.2) is 21.6 Å². The number of amides is 1. The highest BCUT2D eigenvalue weighted by Gasteiger charge is 2.10. The van der Waals surface area contributed by atoms with Gasteiger partial charge in [0.25, 0.3) is 5.91 Å². The van der Waals surface area contributed by atoms with Crippen molar-refractivity contribution in [2.75, 3.05) is 0 Å². The number of hydrazone groups is 1. The number of nitrogens with two attached hydrogens (primary N) is 2. The van der Waals surface area contributed by atoms with Crippen LogP contribution in [0.15, 0.2) is 59.8 Å². The molecule has 0 radical (unpaired) electrons. The molecule has 3 aromatic rings. The number of rotatable bonds is 4. The molecule has 8 nitrogen and oxygen atoms in total. The van der Waals surface area contributed by atoms with E-state index in [4.69, 9.17) is 34.9 Å². The van der Waals surface area contributed by atoms with Gasteiger partial charge in [-0.3, -0.25) is 20.2 Å². The Bertz CT molecular complexity index is 995. The maximum atomic E-state index is 12.1. The van der Waals surface area contributed by atoms with Crippen molar-refractivity contribution in [3.05, 3.63) is 75.9 Å². The van der Waals surface area contributed by atoms with Gasteiger partial charge in [0, 0.05) is 27.4 Å². The third-order valence-corrected chi connectivity index (χ3v) is 4.36. The Labute approximate surface area is 171 Å². The lowest BCUT2D eigenvalue weighted by Crippen LogP contribution is -2.45. The molecule has 0 saturated heterocycles. The number of halogens is 2. The first kappa shape index (κ1) is 19.7. The minimum atomic E-state index is -0.387. The highest BCUT2D eigenvalue weighted by atomic mass is 35.5. The summed E-state index contributed by atoms with van der Waals surface area (Å²) in [5, 5.41) is 11.2. The van der Waals surface area contributed by atoms with Crippen LogP contribution in [0, 0.1) is 0 Å². The molecule has 0 atom stereocenters. The molecular formula is C18H17Cl2N7O. The van der Waals surface area contributed by atoms with Crippen LogP contribution in [0.4, 0.5) is 0 Å². The minimum absolute atomic E-state index is 0.0320. The van der Waals surface area contributed by atoms with E-state index in [1.165, 1.54) is 0 Å². The van der Waals surface area contributed by atoms with Crippen LogP contribution in [0.2, 0.25) is 10.0 Å². The fourth-order valence-corrected chi connectivity index (χ4v) is 3.15. The van der Waals surface area contributed by atoms with Crippen molar-refractivity contribution in [2.24, 2.45) is 16.8 Å². The zero-order valence-corrected chi connectivity index (χ0v) is 16.1. The van der Waals surface area contributed by atoms with Crippen LogP contribution in [-0.2, 0) is 6.54 Å². The normalized spacial score (nSPS) is 11.3. The molecule has 2 aromatic carbocycles. The molecule has 0 aliphatic carbocycles. The van der Waals surface area contributed by atoms with E-state index in [2.05, 4.69) is 20.9 Å². The third kappa shape index (κ3) is 4.61. The van der Waals surface area contributed by atoms with Gasteiger partial charge in [-0.2, -0.15) is 5.10 Å². The fraction of sp³-hybridized carbons (Fsp3) is 0.0556. The standard InChI is InChI=1S/C18H17Cl2N7O/c19-14-7-13(8-15(20)9-14)16-5-6-23-27(16)10-11-1-3-12(4-2-11)17(28)24-18(25-21)26-22/h1-9H,10,21-22H2,(H2,24,25,26,28). The molecule has 0 spiro atoms.